The molecule has 106 valence electrons. The quantitative estimate of drug-likeness (QED) is 0.847. The largest absolute Gasteiger partial charge is 0.351 e. The molecule has 21 heavy (non-hydrogen) atoms. The topological polar surface area (TPSA) is 52.8 Å². The molecular formula is C17H18N4. The second kappa shape index (κ2) is 5.53. The third-order valence-electron chi connectivity index (χ3n) is 4.00. The number of aromatic nitrogens is 2. The standard InChI is InChI=1S/C17H18N4/c1-12(2)15-5-3-4-13-11-21(7-6-16(13)15)17-10-19-14(8-18)9-20-17/h3-5,9-10,12H,6-7,11H2,1-2H3. The van der Waals surface area contributed by atoms with Crippen molar-refractivity contribution in [3.63, 3.8) is 0 Å². The second-order valence-corrected chi connectivity index (χ2v) is 5.68. The number of nitriles is 1. The van der Waals surface area contributed by atoms with Crippen LogP contribution in [-0.4, -0.2) is 16.5 Å². The molecule has 2 heterocycles. The summed E-state index contributed by atoms with van der Waals surface area (Å²) in [7, 11) is 0. The zero-order chi connectivity index (χ0) is 14.8. The van der Waals surface area contributed by atoms with Gasteiger partial charge in [-0.05, 0) is 29.0 Å². The van der Waals surface area contributed by atoms with Crippen molar-refractivity contribution >= 4 is 5.82 Å². The molecule has 0 fully saturated rings. The van der Waals surface area contributed by atoms with Gasteiger partial charge in [-0.1, -0.05) is 32.0 Å². The summed E-state index contributed by atoms with van der Waals surface area (Å²) < 4.78 is 0. The SMILES string of the molecule is CC(C)c1cccc2c1CCN(c1cnc(C#N)cn1)C2. The van der Waals surface area contributed by atoms with Crippen LogP contribution in [0.2, 0.25) is 0 Å². The van der Waals surface area contributed by atoms with E-state index < -0.39 is 0 Å². The van der Waals surface area contributed by atoms with Gasteiger partial charge in [-0.25, -0.2) is 9.97 Å². The molecule has 0 bridgehead atoms. The van der Waals surface area contributed by atoms with Crippen LogP contribution in [-0.2, 0) is 13.0 Å². The fourth-order valence-electron chi connectivity index (χ4n) is 2.92. The van der Waals surface area contributed by atoms with E-state index in [1.54, 1.807) is 6.20 Å². The molecule has 0 radical (unpaired) electrons. The Bertz CT molecular complexity index is 683. The average molecular weight is 278 g/mol. The highest BCUT2D eigenvalue weighted by molar-refractivity contribution is 5.46. The average Bonchev–Trinajstić information content (AvgIpc) is 2.53. The Morgan fingerprint density at radius 3 is 2.76 bits per heavy atom. The van der Waals surface area contributed by atoms with Crippen molar-refractivity contribution in [1.82, 2.24) is 9.97 Å². The van der Waals surface area contributed by atoms with Crippen molar-refractivity contribution in [2.24, 2.45) is 0 Å². The minimum absolute atomic E-state index is 0.359. The van der Waals surface area contributed by atoms with Crippen molar-refractivity contribution in [2.75, 3.05) is 11.4 Å². The van der Waals surface area contributed by atoms with Gasteiger partial charge in [0.05, 0.1) is 12.4 Å². The van der Waals surface area contributed by atoms with Crippen LogP contribution in [0.3, 0.4) is 0 Å². The van der Waals surface area contributed by atoms with E-state index in [4.69, 9.17) is 5.26 Å². The van der Waals surface area contributed by atoms with E-state index >= 15 is 0 Å². The maximum atomic E-state index is 8.79. The zero-order valence-corrected chi connectivity index (χ0v) is 12.4. The van der Waals surface area contributed by atoms with Gasteiger partial charge in [0.15, 0.2) is 5.69 Å². The first-order valence-corrected chi connectivity index (χ1v) is 7.27. The third-order valence-corrected chi connectivity index (χ3v) is 4.00. The van der Waals surface area contributed by atoms with E-state index in [2.05, 4.69) is 46.9 Å². The van der Waals surface area contributed by atoms with Crippen molar-refractivity contribution in [3.05, 3.63) is 53.0 Å². The maximum absolute atomic E-state index is 8.79. The van der Waals surface area contributed by atoms with Crippen LogP contribution in [0.25, 0.3) is 0 Å². The van der Waals surface area contributed by atoms with Crippen molar-refractivity contribution < 1.29 is 0 Å². The number of benzene rings is 1. The highest BCUT2D eigenvalue weighted by Gasteiger charge is 2.20. The summed E-state index contributed by atoms with van der Waals surface area (Å²) in [6.07, 6.45) is 4.26. The van der Waals surface area contributed by atoms with Crippen LogP contribution in [0.15, 0.2) is 30.6 Å². The first kappa shape index (κ1) is 13.6. The Morgan fingerprint density at radius 2 is 2.10 bits per heavy atom. The van der Waals surface area contributed by atoms with Gasteiger partial charge in [-0.15, -0.1) is 0 Å². The van der Waals surface area contributed by atoms with E-state index in [1.165, 1.54) is 22.9 Å². The molecule has 4 heteroatoms. The predicted molar refractivity (Wildman–Crippen MR) is 82.0 cm³/mol. The minimum atomic E-state index is 0.359. The molecule has 0 saturated carbocycles. The van der Waals surface area contributed by atoms with Crippen molar-refractivity contribution in [3.8, 4) is 6.07 Å². The third kappa shape index (κ3) is 2.59. The molecule has 0 spiro atoms. The fourth-order valence-corrected chi connectivity index (χ4v) is 2.92. The lowest BCUT2D eigenvalue weighted by atomic mass is 9.89. The molecule has 0 unspecified atom stereocenters. The van der Waals surface area contributed by atoms with Gasteiger partial charge in [-0.3, -0.25) is 0 Å². The smallest absolute Gasteiger partial charge is 0.158 e. The molecule has 1 aromatic carbocycles. The second-order valence-electron chi connectivity index (χ2n) is 5.68. The van der Waals surface area contributed by atoms with Gasteiger partial charge in [0, 0.05) is 13.1 Å². The summed E-state index contributed by atoms with van der Waals surface area (Å²) in [5.41, 5.74) is 4.68. The van der Waals surface area contributed by atoms with Crippen LogP contribution in [0.4, 0.5) is 5.82 Å². The molecule has 0 N–H and O–H groups in total. The summed E-state index contributed by atoms with van der Waals surface area (Å²) in [6, 6.07) is 8.58. The van der Waals surface area contributed by atoms with Gasteiger partial charge in [0.25, 0.3) is 0 Å². The molecule has 1 aliphatic heterocycles. The number of hydrogen-bond acceptors (Lipinski definition) is 4. The molecule has 2 aromatic rings. The fraction of sp³-hybridized carbons (Fsp3) is 0.353. The number of fused-ring (bicyclic) bond motifs is 1. The number of nitrogens with zero attached hydrogens (tertiary/aromatic N) is 4. The molecule has 1 aromatic heterocycles. The van der Waals surface area contributed by atoms with Crippen LogP contribution < -0.4 is 4.90 Å². The Labute approximate surface area is 125 Å². The summed E-state index contributed by atoms with van der Waals surface area (Å²) in [4.78, 5) is 10.7. The van der Waals surface area contributed by atoms with Gasteiger partial charge in [0.2, 0.25) is 0 Å². The van der Waals surface area contributed by atoms with E-state index in [0.717, 1.165) is 25.3 Å². The number of anilines is 1. The van der Waals surface area contributed by atoms with Gasteiger partial charge in [0.1, 0.15) is 11.9 Å². The van der Waals surface area contributed by atoms with E-state index in [9.17, 15) is 0 Å². The van der Waals surface area contributed by atoms with Crippen LogP contribution in [0.1, 0.15) is 42.1 Å². The van der Waals surface area contributed by atoms with Gasteiger partial charge >= 0.3 is 0 Å². The lowest BCUT2D eigenvalue weighted by Gasteiger charge is -2.31. The van der Waals surface area contributed by atoms with Gasteiger partial charge < -0.3 is 4.90 Å². The molecule has 0 aliphatic carbocycles. The van der Waals surface area contributed by atoms with Crippen LogP contribution >= 0.6 is 0 Å². The van der Waals surface area contributed by atoms with Crippen molar-refractivity contribution in [2.45, 2.75) is 32.7 Å². The highest BCUT2D eigenvalue weighted by atomic mass is 15.2. The van der Waals surface area contributed by atoms with Gasteiger partial charge in [-0.2, -0.15) is 5.26 Å². The molecule has 0 atom stereocenters. The predicted octanol–water partition coefficient (Wildman–Crippen LogP) is 3.03. The molecule has 3 rings (SSSR count). The lowest BCUT2D eigenvalue weighted by Crippen LogP contribution is -2.31. The summed E-state index contributed by atoms with van der Waals surface area (Å²) >= 11 is 0. The summed E-state index contributed by atoms with van der Waals surface area (Å²) in [5.74, 6) is 1.40. The zero-order valence-electron chi connectivity index (χ0n) is 12.4. The summed E-state index contributed by atoms with van der Waals surface area (Å²) in [5, 5.41) is 8.79. The monoisotopic (exact) mass is 278 g/mol. The van der Waals surface area contributed by atoms with E-state index in [1.807, 2.05) is 6.07 Å². The van der Waals surface area contributed by atoms with Crippen LogP contribution in [0, 0.1) is 11.3 Å². The maximum Gasteiger partial charge on any atom is 0.158 e. The normalized spacial score (nSPS) is 13.9. The van der Waals surface area contributed by atoms with E-state index in [-0.39, 0.29) is 0 Å². The lowest BCUT2D eigenvalue weighted by molar-refractivity contribution is 0.701. The Balaban J connectivity index is 1.87. The minimum Gasteiger partial charge on any atom is -0.351 e. The molecule has 4 nitrogen and oxygen atoms in total. The highest BCUT2D eigenvalue weighted by Crippen LogP contribution is 2.29. The van der Waals surface area contributed by atoms with Crippen molar-refractivity contribution in [1.29, 1.82) is 5.26 Å². The molecule has 1 aliphatic rings. The Morgan fingerprint density at radius 1 is 1.24 bits per heavy atom. The first-order valence-electron chi connectivity index (χ1n) is 7.27. The molecular weight excluding hydrogens is 260 g/mol. The van der Waals surface area contributed by atoms with E-state index in [0.29, 0.717) is 11.6 Å². The number of rotatable bonds is 2. The molecule has 0 saturated heterocycles. The summed E-state index contributed by atoms with van der Waals surface area (Å²) in [6.45, 7) is 6.29. The molecule has 0 amide bonds. The Hall–Kier alpha value is -2.41. The Kier molecular flexibility index (Phi) is 3.57. The van der Waals surface area contributed by atoms with Crippen LogP contribution in [0.5, 0.6) is 0 Å². The number of hydrogen-bond donors (Lipinski definition) is 0. The first-order chi connectivity index (χ1) is 10.2.